The van der Waals surface area contributed by atoms with E-state index in [0.717, 1.165) is 6.42 Å². The Hall–Kier alpha value is -1.74. The number of carboxylic acids is 1. The topological polar surface area (TPSA) is 64.1 Å². The lowest BCUT2D eigenvalue weighted by Crippen LogP contribution is -2.45. The van der Waals surface area contributed by atoms with Crippen LogP contribution in [0.5, 0.6) is 0 Å². The molecular weight excluding hydrogens is 234 g/mol. The number of carboxylic acid groups (broad SMARTS) is 1. The first-order chi connectivity index (χ1) is 8.45. The average Bonchev–Trinajstić information content (AvgIpc) is 2.76. The molecule has 1 fully saturated rings. The number of carbonyl (C=O) groups excluding carboxylic acids is 1. The highest BCUT2D eigenvalue weighted by atomic mass is 16.4. The molecule has 1 aliphatic heterocycles. The Morgan fingerprint density at radius 3 is 2.61 bits per heavy atom. The van der Waals surface area contributed by atoms with Gasteiger partial charge in [-0.2, -0.15) is 0 Å². The minimum absolute atomic E-state index is 0.0221. The van der Waals surface area contributed by atoms with E-state index in [2.05, 4.69) is 10.8 Å². The van der Waals surface area contributed by atoms with E-state index in [0.29, 0.717) is 19.1 Å². The van der Waals surface area contributed by atoms with Crippen LogP contribution in [0.2, 0.25) is 0 Å². The smallest absolute Gasteiger partial charge is 0.323 e. The summed E-state index contributed by atoms with van der Waals surface area (Å²) in [5, 5.41) is 8.75. The van der Waals surface area contributed by atoms with E-state index in [9.17, 15) is 9.59 Å². The van der Waals surface area contributed by atoms with Crippen molar-refractivity contribution in [3.05, 3.63) is 0 Å². The third kappa shape index (κ3) is 3.64. The molecule has 1 N–H and O–H groups in total. The number of amides is 2. The Morgan fingerprint density at radius 2 is 2.17 bits per heavy atom. The predicted molar refractivity (Wildman–Crippen MR) is 67.1 cm³/mol. The van der Waals surface area contributed by atoms with Gasteiger partial charge in [0.05, 0.1) is 6.54 Å². The zero-order valence-electron chi connectivity index (χ0n) is 10.8. The molecule has 0 aliphatic carbocycles. The first-order valence-corrected chi connectivity index (χ1v) is 5.81. The number of terminal acetylenes is 1. The van der Waals surface area contributed by atoms with Crippen LogP contribution in [0.1, 0.15) is 6.42 Å². The summed E-state index contributed by atoms with van der Waals surface area (Å²) in [4.78, 5) is 27.7. The molecule has 0 aromatic carbocycles. The first kappa shape index (κ1) is 14.3. The van der Waals surface area contributed by atoms with Crippen molar-refractivity contribution in [2.75, 3.05) is 40.3 Å². The highest BCUT2D eigenvalue weighted by Gasteiger charge is 2.30. The molecule has 1 atom stereocenters. The molecule has 1 unspecified atom stereocenters. The van der Waals surface area contributed by atoms with Gasteiger partial charge in [0.1, 0.15) is 6.54 Å². The van der Waals surface area contributed by atoms with Crippen LogP contribution in [0.15, 0.2) is 0 Å². The number of hydrogen-bond acceptors (Lipinski definition) is 3. The van der Waals surface area contributed by atoms with Crippen LogP contribution >= 0.6 is 0 Å². The Kier molecular flexibility index (Phi) is 4.98. The Labute approximate surface area is 107 Å². The number of rotatable bonds is 4. The van der Waals surface area contributed by atoms with Gasteiger partial charge in [0.15, 0.2) is 0 Å². The first-order valence-electron chi connectivity index (χ1n) is 5.81. The lowest BCUT2D eigenvalue weighted by atomic mass is 10.2. The third-order valence-electron chi connectivity index (χ3n) is 3.04. The normalized spacial score (nSPS) is 18.8. The molecule has 1 rings (SSSR count). The zero-order valence-corrected chi connectivity index (χ0v) is 10.8. The summed E-state index contributed by atoms with van der Waals surface area (Å²) in [5.74, 6) is 1.26. The number of carbonyl (C=O) groups is 2. The van der Waals surface area contributed by atoms with Crippen LogP contribution in [-0.2, 0) is 4.79 Å². The van der Waals surface area contributed by atoms with Gasteiger partial charge in [0.2, 0.25) is 0 Å². The second kappa shape index (κ2) is 6.26. The van der Waals surface area contributed by atoms with Gasteiger partial charge >= 0.3 is 12.0 Å². The fraction of sp³-hybridized carbons (Fsp3) is 0.667. The quantitative estimate of drug-likeness (QED) is 0.702. The zero-order chi connectivity index (χ0) is 13.7. The SMILES string of the molecule is C#CCN(CC(=O)O)C(=O)N1CCC(N(C)C)C1. The monoisotopic (exact) mass is 253 g/mol. The van der Waals surface area contributed by atoms with Crippen molar-refractivity contribution in [3.8, 4) is 12.3 Å². The van der Waals surface area contributed by atoms with Gasteiger partial charge in [0.25, 0.3) is 0 Å². The van der Waals surface area contributed by atoms with Gasteiger partial charge in [-0.1, -0.05) is 5.92 Å². The number of likely N-dealkylation sites (N-methyl/N-ethyl adjacent to an activating group) is 1. The fourth-order valence-electron chi connectivity index (χ4n) is 2.00. The minimum atomic E-state index is -1.05. The molecule has 1 aliphatic rings. The highest BCUT2D eigenvalue weighted by Crippen LogP contribution is 2.15. The molecule has 0 bridgehead atoms. The molecule has 6 nitrogen and oxygen atoms in total. The van der Waals surface area contributed by atoms with Crippen LogP contribution < -0.4 is 0 Å². The van der Waals surface area contributed by atoms with Crippen molar-refractivity contribution >= 4 is 12.0 Å². The standard InChI is InChI=1S/C12H19N3O3/c1-4-6-14(9-11(16)17)12(18)15-7-5-10(8-15)13(2)3/h1,10H,5-9H2,2-3H3,(H,16,17). The van der Waals surface area contributed by atoms with E-state index in [1.807, 2.05) is 14.1 Å². The minimum Gasteiger partial charge on any atom is -0.480 e. The summed E-state index contributed by atoms with van der Waals surface area (Å²) in [6.07, 6.45) is 6.05. The van der Waals surface area contributed by atoms with E-state index in [1.165, 1.54) is 4.90 Å². The van der Waals surface area contributed by atoms with E-state index in [-0.39, 0.29) is 19.1 Å². The van der Waals surface area contributed by atoms with Gasteiger partial charge in [-0.25, -0.2) is 4.79 Å². The van der Waals surface area contributed by atoms with Crippen molar-refractivity contribution < 1.29 is 14.7 Å². The van der Waals surface area contributed by atoms with E-state index >= 15 is 0 Å². The van der Waals surface area contributed by atoms with Gasteiger partial charge in [0, 0.05) is 19.1 Å². The fourth-order valence-corrected chi connectivity index (χ4v) is 2.00. The van der Waals surface area contributed by atoms with Crippen LogP contribution in [0.25, 0.3) is 0 Å². The molecule has 1 heterocycles. The maximum Gasteiger partial charge on any atom is 0.323 e. The molecule has 0 spiro atoms. The summed E-state index contributed by atoms with van der Waals surface area (Å²) in [7, 11) is 3.93. The van der Waals surface area contributed by atoms with Gasteiger partial charge in [-0.15, -0.1) is 6.42 Å². The van der Waals surface area contributed by atoms with Crippen molar-refractivity contribution in [2.45, 2.75) is 12.5 Å². The molecule has 2 amide bonds. The second-order valence-corrected chi connectivity index (χ2v) is 4.59. The van der Waals surface area contributed by atoms with Crippen LogP contribution in [0.3, 0.4) is 0 Å². The second-order valence-electron chi connectivity index (χ2n) is 4.59. The molecular formula is C12H19N3O3. The molecule has 0 aromatic heterocycles. The van der Waals surface area contributed by atoms with Crippen molar-refractivity contribution in [2.24, 2.45) is 0 Å². The predicted octanol–water partition coefficient (Wildman–Crippen LogP) is -0.238. The lowest BCUT2D eigenvalue weighted by molar-refractivity contribution is -0.137. The number of hydrogen-bond donors (Lipinski definition) is 1. The van der Waals surface area contributed by atoms with Crippen molar-refractivity contribution in [3.63, 3.8) is 0 Å². The summed E-state index contributed by atoms with van der Waals surface area (Å²) >= 11 is 0. The van der Waals surface area contributed by atoms with E-state index < -0.39 is 5.97 Å². The van der Waals surface area contributed by atoms with E-state index in [4.69, 9.17) is 11.5 Å². The molecule has 1 saturated heterocycles. The summed E-state index contributed by atoms with van der Waals surface area (Å²) in [6.45, 7) is 0.926. The third-order valence-corrected chi connectivity index (χ3v) is 3.04. The molecule has 6 heteroatoms. The lowest BCUT2D eigenvalue weighted by Gasteiger charge is -2.26. The molecule has 0 aromatic rings. The molecule has 0 radical (unpaired) electrons. The van der Waals surface area contributed by atoms with Crippen LogP contribution in [0, 0.1) is 12.3 Å². The number of nitrogens with zero attached hydrogens (tertiary/aromatic N) is 3. The maximum absolute atomic E-state index is 12.1. The Balaban J connectivity index is 2.62. The summed E-state index contributed by atoms with van der Waals surface area (Å²) in [5.41, 5.74) is 0. The number of aliphatic carboxylic acids is 1. The maximum atomic E-state index is 12.1. The van der Waals surface area contributed by atoms with Gasteiger partial charge in [-0.3, -0.25) is 4.79 Å². The van der Waals surface area contributed by atoms with Crippen molar-refractivity contribution in [1.29, 1.82) is 0 Å². The molecule has 100 valence electrons. The number of urea groups is 1. The molecule has 0 saturated carbocycles. The van der Waals surface area contributed by atoms with Crippen LogP contribution in [-0.4, -0.2) is 78.1 Å². The Morgan fingerprint density at radius 1 is 1.50 bits per heavy atom. The average molecular weight is 253 g/mol. The van der Waals surface area contributed by atoms with Crippen molar-refractivity contribution in [1.82, 2.24) is 14.7 Å². The van der Waals surface area contributed by atoms with E-state index in [1.54, 1.807) is 4.90 Å². The van der Waals surface area contributed by atoms with Crippen LogP contribution in [0.4, 0.5) is 4.79 Å². The van der Waals surface area contributed by atoms with Gasteiger partial charge in [-0.05, 0) is 20.5 Å². The van der Waals surface area contributed by atoms with Gasteiger partial charge < -0.3 is 19.8 Å². The Bertz CT molecular complexity index is 362. The highest BCUT2D eigenvalue weighted by molar-refractivity contribution is 5.80. The largest absolute Gasteiger partial charge is 0.480 e. The summed E-state index contributed by atoms with van der Waals surface area (Å²) in [6, 6.07) is 0.0335. The number of likely N-dealkylation sites (tertiary alicyclic amines) is 1. The molecule has 18 heavy (non-hydrogen) atoms. The summed E-state index contributed by atoms with van der Waals surface area (Å²) < 4.78 is 0.